The van der Waals surface area contributed by atoms with Gasteiger partial charge < -0.3 is 14.4 Å². The molecule has 0 saturated carbocycles. The molecule has 1 N–H and O–H groups in total. The van der Waals surface area contributed by atoms with Crippen molar-refractivity contribution in [1.29, 1.82) is 0 Å². The maximum absolute atomic E-state index is 13.5. The number of hydrogen-bond acceptors (Lipinski definition) is 3. The molecule has 1 aliphatic heterocycles. The van der Waals surface area contributed by atoms with Gasteiger partial charge in [0.25, 0.3) is 0 Å². The van der Waals surface area contributed by atoms with Crippen molar-refractivity contribution >= 4 is 10.9 Å². The smallest absolute Gasteiger partial charge is 0.123 e. The number of aliphatic hydroxyl groups excluding tert-OH is 1. The number of aryl methyl sites for hydroxylation is 1. The molecule has 0 radical (unpaired) electrons. The van der Waals surface area contributed by atoms with Crippen molar-refractivity contribution in [2.24, 2.45) is 0 Å². The average Bonchev–Trinajstić information content (AvgIpc) is 2.73. The quantitative estimate of drug-likeness (QED) is 0.940. The zero-order valence-electron chi connectivity index (χ0n) is 13.2. The zero-order chi connectivity index (χ0) is 15.7. The summed E-state index contributed by atoms with van der Waals surface area (Å²) in [5.74, 6) is -0.221. The number of hydrogen-bond donors (Lipinski definition) is 1. The molecule has 2 heterocycles. The summed E-state index contributed by atoms with van der Waals surface area (Å²) in [6, 6.07) is 4.85. The minimum atomic E-state index is -0.447. The molecule has 1 aromatic heterocycles. The first-order valence-electron chi connectivity index (χ1n) is 7.79. The molecule has 1 saturated heterocycles. The van der Waals surface area contributed by atoms with Gasteiger partial charge in [0.2, 0.25) is 0 Å². The highest BCUT2D eigenvalue weighted by atomic mass is 19.1. The Morgan fingerprint density at radius 3 is 2.68 bits per heavy atom. The van der Waals surface area contributed by atoms with Crippen LogP contribution in [0.5, 0.6) is 0 Å². The monoisotopic (exact) mass is 306 g/mol. The lowest BCUT2D eigenvalue weighted by atomic mass is 10.1. The molecule has 3 rings (SSSR count). The third kappa shape index (κ3) is 3.02. The van der Waals surface area contributed by atoms with Crippen molar-refractivity contribution in [2.45, 2.75) is 26.5 Å². The molecule has 120 valence electrons. The molecule has 0 amide bonds. The van der Waals surface area contributed by atoms with Crippen LogP contribution in [-0.2, 0) is 11.3 Å². The van der Waals surface area contributed by atoms with Crippen LogP contribution in [0.1, 0.15) is 11.3 Å². The van der Waals surface area contributed by atoms with Crippen LogP contribution in [0.25, 0.3) is 10.9 Å². The summed E-state index contributed by atoms with van der Waals surface area (Å²) in [5.41, 5.74) is 3.15. The van der Waals surface area contributed by atoms with E-state index in [0.29, 0.717) is 13.1 Å². The van der Waals surface area contributed by atoms with E-state index in [1.165, 1.54) is 6.07 Å². The van der Waals surface area contributed by atoms with E-state index >= 15 is 0 Å². The fraction of sp³-hybridized carbons (Fsp3) is 0.529. The summed E-state index contributed by atoms with van der Waals surface area (Å²) in [6.45, 7) is 8.39. The molecule has 0 spiro atoms. The molecule has 1 atom stereocenters. The first-order chi connectivity index (χ1) is 10.6. The number of ether oxygens (including phenoxy) is 1. The minimum Gasteiger partial charge on any atom is -0.390 e. The number of rotatable bonds is 4. The first-order valence-corrected chi connectivity index (χ1v) is 7.79. The third-order valence-electron chi connectivity index (χ3n) is 4.57. The predicted octanol–water partition coefficient (Wildman–Crippen LogP) is 2.09. The highest BCUT2D eigenvalue weighted by Crippen LogP contribution is 2.26. The first kappa shape index (κ1) is 15.5. The van der Waals surface area contributed by atoms with Gasteiger partial charge in [0, 0.05) is 36.2 Å². The fourth-order valence-electron chi connectivity index (χ4n) is 3.21. The van der Waals surface area contributed by atoms with Crippen LogP contribution >= 0.6 is 0 Å². The summed E-state index contributed by atoms with van der Waals surface area (Å²) in [7, 11) is 0. The summed E-state index contributed by atoms with van der Waals surface area (Å²) in [6.07, 6.45) is -0.447. The number of morpholine rings is 1. The van der Waals surface area contributed by atoms with Crippen molar-refractivity contribution in [3.8, 4) is 0 Å². The van der Waals surface area contributed by atoms with Crippen LogP contribution < -0.4 is 0 Å². The van der Waals surface area contributed by atoms with Crippen molar-refractivity contribution in [3.63, 3.8) is 0 Å². The molecule has 0 unspecified atom stereocenters. The number of nitrogens with zero attached hydrogens (tertiary/aromatic N) is 2. The number of benzene rings is 1. The Balaban J connectivity index is 1.79. The van der Waals surface area contributed by atoms with Gasteiger partial charge in [0.1, 0.15) is 5.82 Å². The minimum absolute atomic E-state index is 0.221. The topological polar surface area (TPSA) is 37.6 Å². The van der Waals surface area contributed by atoms with E-state index in [0.717, 1.165) is 48.5 Å². The van der Waals surface area contributed by atoms with E-state index in [1.807, 2.05) is 13.8 Å². The zero-order valence-corrected chi connectivity index (χ0v) is 13.2. The van der Waals surface area contributed by atoms with Crippen molar-refractivity contribution in [1.82, 2.24) is 9.47 Å². The van der Waals surface area contributed by atoms with E-state index in [2.05, 4.69) is 9.47 Å². The van der Waals surface area contributed by atoms with Gasteiger partial charge in [0.05, 0.1) is 25.9 Å². The Morgan fingerprint density at radius 1 is 1.23 bits per heavy atom. The highest BCUT2D eigenvalue weighted by molar-refractivity contribution is 5.85. The van der Waals surface area contributed by atoms with Crippen molar-refractivity contribution in [2.75, 3.05) is 32.8 Å². The molecular weight excluding hydrogens is 283 g/mol. The molecule has 4 nitrogen and oxygen atoms in total. The summed E-state index contributed by atoms with van der Waals surface area (Å²) >= 11 is 0. The maximum Gasteiger partial charge on any atom is 0.123 e. The van der Waals surface area contributed by atoms with Gasteiger partial charge in [-0.1, -0.05) is 0 Å². The number of aliphatic hydroxyl groups is 1. The Hall–Kier alpha value is -1.43. The number of β-amino-alcohol motifs (C(OH)–C–C–N with tert-alkyl or cyclic N) is 1. The lowest BCUT2D eigenvalue weighted by Gasteiger charge is -2.29. The second kappa shape index (κ2) is 6.36. The maximum atomic E-state index is 13.5. The molecule has 2 aromatic rings. The Labute approximate surface area is 130 Å². The summed E-state index contributed by atoms with van der Waals surface area (Å²) in [4.78, 5) is 2.22. The molecule has 5 heteroatoms. The van der Waals surface area contributed by atoms with Gasteiger partial charge in [-0.2, -0.15) is 0 Å². The van der Waals surface area contributed by atoms with Crippen molar-refractivity contribution < 1.29 is 14.2 Å². The molecule has 1 aromatic carbocycles. The van der Waals surface area contributed by atoms with Crippen LogP contribution in [-0.4, -0.2) is 53.5 Å². The van der Waals surface area contributed by atoms with Gasteiger partial charge in [0.15, 0.2) is 0 Å². The van der Waals surface area contributed by atoms with E-state index in [-0.39, 0.29) is 5.82 Å². The molecule has 1 fully saturated rings. The van der Waals surface area contributed by atoms with Gasteiger partial charge in [-0.15, -0.1) is 0 Å². The SMILES string of the molecule is Cc1c(C)n(C[C@H](O)CN2CCOCC2)c2ccc(F)cc12. The van der Waals surface area contributed by atoms with Crippen LogP contribution in [0.15, 0.2) is 18.2 Å². The van der Waals surface area contributed by atoms with Gasteiger partial charge in [-0.3, -0.25) is 4.90 Å². The van der Waals surface area contributed by atoms with E-state index in [4.69, 9.17) is 4.74 Å². The van der Waals surface area contributed by atoms with Gasteiger partial charge >= 0.3 is 0 Å². The average molecular weight is 306 g/mol. The second-order valence-corrected chi connectivity index (χ2v) is 6.05. The molecule has 0 aliphatic carbocycles. The van der Waals surface area contributed by atoms with Crippen LogP contribution in [0, 0.1) is 19.7 Å². The Kier molecular flexibility index (Phi) is 4.47. The van der Waals surface area contributed by atoms with Crippen molar-refractivity contribution in [3.05, 3.63) is 35.3 Å². The normalized spacial score (nSPS) is 18.0. The predicted molar refractivity (Wildman–Crippen MR) is 84.6 cm³/mol. The Bertz CT molecular complexity index is 662. The van der Waals surface area contributed by atoms with Crippen LogP contribution in [0.2, 0.25) is 0 Å². The molecule has 22 heavy (non-hydrogen) atoms. The molecule has 0 bridgehead atoms. The molecule has 1 aliphatic rings. The van der Waals surface area contributed by atoms with E-state index in [9.17, 15) is 9.50 Å². The van der Waals surface area contributed by atoms with E-state index in [1.54, 1.807) is 12.1 Å². The number of fused-ring (bicyclic) bond motifs is 1. The van der Waals surface area contributed by atoms with Crippen LogP contribution in [0.4, 0.5) is 4.39 Å². The van der Waals surface area contributed by atoms with Gasteiger partial charge in [-0.25, -0.2) is 4.39 Å². The number of halogens is 1. The largest absolute Gasteiger partial charge is 0.390 e. The standard InChI is InChI=1S/C17H23FN2O2/c1-12-13(2)20(17-4-3-14(18)9-16(12)17)11-15(21)10-19-5-7-22-8-6-19/h3-4,9,15,21H,5-8,10-11H2,1-2H3/t15-/m1/s1. The lowest BCUT2D eigenvalue weighted by Crippen LogP contribution is -2.42. The van der Waals surface area contributed by atoms with Crippen LogP contribution in [0.3, 0.4) is 0 Å². The third-order valence-corrected chi connectivity index (χ3v) is 4.57. The van der Waals surface area contributed by atoms with Gasteiger partial charge in [-0.05, 0) is 37.6 Å². The highest BCUT2D eigenvalue weighted by Gasteiger charge is 2.18. The summed E-state index contributed by atoms with van der Waals surface area (Å²) < 4.78 is 20.9. The lowest BCUT2D eigenvalue weighted by molar-refractivity contribution is 0.0116. The van der Waals surface area contributed by atoms with E-state index < -0.39 is 6.10 Å². The Morgan fingerprint density at radius 2 is 1.95 bits per heavy atom. The summed E-state index contributed by atoms with van der Waals surface area (Å²) in [5, 5.41) is 11.4. The number of aromatic nitrogens is 1. The molecular formula is C17H23FN2O2. The second-order valence-electron chi connectivity index (χ2n) is 6.05. The fourth-order valence-corrected chi connectivity index (χ4v) is 3.21.